The summed E-state index contributed by atoms with van der Waals surface area (Å²) < 4.78 is 5.21. The fraction of sp³-hybridized carbons (Fsp3) is 0.524. The Morgan fingerprint density at radius 3 is 2.73 bits per heavy atom. The number of methoxy groups -OCH3 is 1. The van der Waals surface area contributed by atoms with Crippen LogP contribution in [-0.4, -0.2) is 36.2 Å². The van der Waals surface area contributed by atoms with Gasteiger partial charge in [0.15, 0.2) is 0 Å². The Hall–Kier alpha value is -2.30. The van der Waals surface area contributed by atoms with Crippen molar-refractivity contribution in [2.75, 3.05) is 30.4 Å². The molecular formula is C21H30N4O. The first-order valence-corrected chi connectivity index (χ1v) is 9.68. The van der Waals surface area contributed by atoms with Gasteiger partial charge in [0.25, 0.3) is 0 Å². The molecule has 1 N–H and O–H groups in total. The minimum Gasteiger partial charge on any atom is -0.497 e. The van der Waals surface area contributed by atoms with Gasteiger partial charge in [0.2, 0.25) is 5.95 Å². The second-order valence-corrected chi connectivity index (χ2v) is 6.97. The van der Waals surface area contributed by atoms with Crippen LogP contribution in [0.25, 0.3) is 0 Å². The van der Waals surface area contributed by atoms with Crippen LogP contribution in [0, 0.1) is 6.92 Å². The van der Waals surface area contributed by atoms with Crippen molar-refractivity contribution in [1.29, 1.82) is 0 Å². The highest BCUT2D eigenvalue weighted by atomic mass is 16.5. The van der Waals surface area contributed by atoms with Gasteiger partial charge in [-0.25, -0.2) is 4.98 Å². The van der Waals surface area contributed by atoms with Crippen molar-refractivity contribution in [3.63, 3.8) is 0 Å². The van der Waals surface area contributed by atoms with Gasteiger partial charge in [-0.05, 0) is 56.7 Å². The SMILES string of the molecule is CCC1CCCCN1c1nc(C)cc(NCCc2ccc(OC)cc2)n1. The van der Waals surface area contributed by atoms with Crippen molar-refractivity contribution in [3.05, 3.63) is 41.6 Å². The van der Waals surface area contributed by atoms with Crippen molar-refractivity contribution in [2.45, 2.75) is 52.0 Å². The average molecular weight is 354 g/mol. The van der Waals surface area contributed by atoms with E-state index in [-0.39, 0.29) is 0 Å². The number of aromatic nitrogens is 2. The van der Waals surface area contributed by atoms with Gasteiger partial charge in [0.1, 0.15) is 11.6 Å². The Labute approximate surface area is 156 Å². The van der Waals surface area contributed by atoms with Gasteiger partial charge in [-0.2, -0.15) is 4.98 Å². The molecule has 0 spiro atoms. The van der Waals surface area contributed by atoms with Crippen LogP contribution in [0.1, 0.15) is 43.9 Å². The van der Waals surface area contributed by atoms with Crippen molar-refractivity contribution >= 4 is 11.8 Å². The lowest BCUT2D eigenvalue weighted by molar-refractivity contribution is 0.414. The molecule has 5 nitrogen and oxygen atoms in total. The van der Waals surface area contributed by atoms with Crippen molar-refractivity contribution < 1.29 is 4.74 Å². The topological polar surface area (TPSA) is 50.3 Å². The maximum absolute atomic E-state index is 5.21. The van der Waals surface area contributed by atoms with E-state index in [2.05, 4.69) is 29.3 Å². The molecule has 1 aliphatic heterocycles. The first kappa shape index (κ1) is 18.5. The summed E-state index contributed by atoms with van der Waals surface area (Å²) in [6.45, 7) is 6.21. The maximum Gasteiger partial charge on any atom is 0.227 e. The molecule has 2 aromatic rings. The molecule has 1 fully saturated rings. The van der Waals surface area contributed by atoms with E-state index in [9.17, 15) is 0 Å². The summed E-state index contributed by atoms with van der Waals surface area (Å²) in [6, 6.07) is 10.8. The predicted octanol–water partition coefficient (Wildman–Crippen LogP) is 4.22. The molecule has 140 valence electrons. The van der Waals surface area contributed by atoms with E-state index in [0.29, 0.717) is 6.04 Å². The van der Waals surface area contributed by atoms with E-state index in [1.165, 1.54) is 24.8 Å². The third-order valence-corrected chi connectivity index (χ3v) is 5.08. The molecule has 26 heavy (non-hydrogen) atoms. The molecule has 3 rings (SSSR count). The van der Waals surface area contributed by atoms with Crippen LogP contribution >= 0.6 is 0 Å². The Balaban J connectivity index is 1.63. The fourth-order valence-electron chi connectivity index (χ4n) is 3.59. The minimum atomic E-state index is 0.567. The van der Waals surface area contributed by atoms with Crippen LogP contribution in [-0.2, 0) is 6.42 Å². The zero-order valence-electron chi connectivity index (χ0n) is 16.2. The van der Waals surface area contributed by atoms with Crippen LogP contribution in [0.15, 0.2) is 30.3 Å². The highest BCUT2D eigenvalue weighted by Crippen LogP contribution is 2.25. The van der Waals surface area contributed by atoms with E-state index < -0.39 is 0 Å². The molecule has 0 aliphatic carbocycles. The Kier molecular flexibility index (Phi) is 6.31. The summed E-state index contributed by atoms with van der Waals surface area (Å²) in [5, 5.41) is 3.47. The zero-order valence-corrected chi connectivity index (χ0v) is 16.2. The van der Waals surface area contributed by atoms with Gasteiger partial charge in [-0.15, -0.1) is 0 Å². The third kappa shape index (κ3) is 4.65. The number of anilines is 2. The van der Waals surface area contributed by atoms with Crippen molar-refractivity contribution in [3.8, 4) is 5.75 Å². The molecule has 2 heterocycles. The lowest BCUT2D eigenvalue weighted by atomic mass is 10.0. The van der Waals surface area contributed by atoms with Crippen LogP contribution in [0.3, 0.4) is 0 Å². The van der Waals surface area contributed by atoms with Crippen molar-refractivity contribution in [2.24, 2.45) is 0 Å². The maximum atomic E-state index is 5.21. The van der Waals surface area contributed by atoms with Gasteiger partial charge in [-0.1, -0.05) is 19.1 Å². The summed E-state index contributed by atoms with van der Waals surface area (Å²) in [6.07, 6.45) is 5.89. The lowest BCUT2D eigenvalue weighted by Gasteiger charge is -2.35. The monoisotopic (exact) mass is 354 g/mol. The number of benzene rings is 1. The number of hydrogen-bond acceptors (Lipinski definition) is 5. The minimum absolute atomic E-state index is 0.567. The molecule has 5 heteroatoms. The summed E-state index contributed by atoms with van der Waals surface area (Å²) >= 11 is 0. The zero-order chi connectivity index (χ0) is 18.4. The van der Waals surface area contributed by atoms with Gasteiger partial charge < -0.3 is 15.0 Å². The fourth-order valence-corrected chi connectivity index (χ4v) is 3.59. The Morgan fingerprint density at radius 2 is 2.00 bits per heavy atom. The highest BCUT2D eigenvalue weighted by molar-refractivity contribution is 5.44. The van der Waals surface area contributed by atoms with E-state index in [0.717, 1.165) is 49.1 Å². The van der Waals surface area contributed by atoms with Crippen LogP contribution in [0.5, 0.6) is 5.75 Å². The Morgan fingerprint density at radius 1 is 1.19 bits per heavy atom. The number of nitrogens with zero attached hydrogens (tertiary/aromatic N) is 3. The normalized spacial score (nSPS) is 17.2. The van der Waals surface area contributed by atoms with Crippen LogP contribution < -0.4 is 15.0 Å². The summed E-state index contributed by atoms with van der Waals surface area (Å²) in [4.78, 5) is 11.9. The molecule has 1 aromatic carbocycles. The largest absolute Gasteiger partial charge is 0.497 e. The first-order valence-electron chi connectivity index (χ1n) is 9.68. The smallest absolute Gasteiger partial charge is 0.227 e. The second kappa shape index (κ2) is 8.88. The van der Waals surface area contributed by atoms with Crippen molar-refractivity contribution in [1.82, 2.24) is 9.97 Å². The number of ether oxygens (including phenoxy) is 1. The van der Waals surface area contributed by atoms with Crippen LogP contribution in [0.2, 0.25) is 0 Å². The molecule has 1 aromatic heterocycles. The molecule has 0 amide bonds. The van der Waals surface area contributed by atoms with Crippen LogP contribution in [0.4, 0.5) is 11.8 Å². The average Bonchev–Trinajstić information content (AvgIpc) is 2.68. The summed E-state index contributed by atoms with van der Waals surface area (Å²) in [7, 11) is 1.69. The third-order valence-electron chi connectivity index (χ3n) is 5.08. The van der Waals surface area contributed by atoms with Gasteiger partial charge in [0, 0.05) is 30.9 Å². The molecule has 1 aliphatic rings. The van der Waals surface area contributed by atoms with E-state index in [1.807, 2.05) is 25.1 Å². The van der Waals surface area contributed by atoms with E-state index in [4.69, 9.17) is 14.7 Å². The number of rotatable bonds is 7. The van der Waals surface area contributed by atoms with Gasteiger partial charge in [0.05, 0.1) is 7.11 Å². The Bertz CT molecular complexity index is 702. The molecule has 1 saturated heterocycles. The molecule has 0 saturated carbocycles. The van der Waals surface area contributed by atoms with Gasteiger partial charge >= 0.3 is 0 Å². The summed E-state index contributed by atoms with van der Waals surface area (Å²) in [5.74, 6) is 2.69. The number of nitrogens with one attached hydrogen (secondary N) is 1. The molecule has 1 atom stereocenters. The number of piperidine rings is 1. The number of aryl methyl sites for hydroxylation is 1. The highest BCUT2D eigenvalue weighted by Gasteiger charge is 2.23. The number of hydrogen-bond donors (Lipinski definition) is 1. The molecular weight excluding hydrogens is 324 g/mol. The quantitative estimate of drug-likeness (QED) is 0.807. The van der Waals surface area contributed by atoms with E-state index in [1.54, 1.807) is 7.11 Å². The molecule has 0 radical (unpaired) electrons. The predicted molar refractivity (Wildman–Crippen MR) is 107 cm³/mol. The lowest BCUT2D eigenvalue weighted by Crippen LogP contribution is -2.40. The molecule has 1 unspecified atom stereocenters. The standard InChI is InChI=1S/C21H30N4O/c1-4-18-7-5-6-14-25(18)21-23-16(2)15-20(24-21)22-13-12-17-8-10-19(26-3)11-9-17/h8-11,15,18H,4-7,12-14H2,1-3H3,(H,22,23,24). The molecule has 0 bridgehead atoms. The second-order valence-electron chi connectivity index (χ2n) is 6.97. The summed E-state index contributed by atoms with van der Waals surface area (Å²) in [5.41, 5.74) is 2.30. The van der Waals surface area contributed by atoms with Gasteiger partial charge in [-0.3, -0.25) is 0 Å². The first-order chi connectivity index (χ1) is 12.7. The van der Waals surface area contributed by atoms with E-state index >= 15 is 0 Å².